The van der Waals surface area contributed by atoms with Crippen LogP contribution in [0.1, 0.15) is 50.2 Å². The average Bonchev–Trinajstić information content (AvgIpc) is 3.07. The van der Waals surface area contributed by atoms with Crippen LogP contribution in [0.15, 0.2) is 10.4 Å². The Morgan fingerprint density at radius 3 is 2.68 bits per heavy atom. The molecule has 0 aliphatic carbocycles. The molecule has 7 heteroatoms. The standard InChI is InChI=1S/C18H33N5S.HI/c1-4-6-9-20-18(19-3)21-12-15-7-10-23(11-8-15)13-16-14-24-17(5-2)22-16;/h14-15H,4-13H2,1-3H3,(H2,19,20,21);1H. The van der Waals surface area contributed by atoms with Crippen molar-refractivity contribution in [1.29, 1.82) is 0 Å². The van der Waals surface area contributed by atoms with E-state index in [1.807, 2.05) is 7.05 Å². The topological polar surface area (TPSA) is 52.6 Å². The van der Waals surface area contributed by atoms with E-state index in [2.05, 4.69) is 44.7 Å². The van der Waals surface area contributed by atoms with Gasteiger partial charge >= 0.3 is 0 Å². The van der Waals surface area contributed by atoms with Crippen molar-refractivity contribution in [2.75, 3.05) is 33.2 Å². The molecule has 0 atom stereocenters. The lowest BCUT2D eigenvalue weighted by atomic mass is 9.97. The Bertz CT molecular complexity index is 497. The highest BCUT2D eigenvalue weighted by molar-refractivity contribution is 14.0. The maximum Gasteiger partial charge on any atom is 0.190 e. The minimum Gasteiger partial charge on any atom is -0.356 e. The van der Waals surface area contributed by atoms with Crippen molar-refractivity contribution in [3.05, 3.63) is 16.1 Å². The van der Waals surface area contributed by atoms with Gasteiger partial charge in [-0.3, -0.25) is 9.89 Å². The van der Waals surface area contributed by atoms with Crippen LogP contribution in [0.2, 0.25) is 0 Å². The molecule has 5 nitrogen and oxygen atoms in total. The largest absolute Gasteiger partial charge is 0.356 e. The molecular formula is C18H34IN5S. The van der Waals surface area contributed by atoms with Crippen LogP contribution in [0.5, 0.6) is 0 Å². The molecule has 1 aromatic rings. The predicted octanol–water partition coefficient (Wildman–Crippen LogP) is 3.50. The third-order valence-electron chi connectivity index (χ3n) is 4.60. The van der Waals surface area contributed by atoms with Crippen LogP contribution in [-0.4, -0.2) is 49.1 Å². The second kappa shape index (κ2) is 12.9. The molecule has 2 heterocycles. The Labute approximate surface area is 174 Å². The molecule has 0 spiro atoms. The number of piperidine rings is 1. The molecule has 0 saturated carbocycles. The van der Waals surface area contributed by atoms with E-state index < -0.39 is 0 Å². The lowest BCUT2D eigenvalue weighted by Crippen LogP contribution is -2.43. The Morgan fingerprint density at radius 2 is 2.08 bits per heavy atom. The third kappa shape index (κ3) is 8.21. The van der Waals surface area contributed by atoms with Crippen molar-refractivity contribution >= 4 is 41.3 Å². The maximum atomic E-state index is 4.69. The zero-order valence-electron chi connectivity index (χ0n) is 15.9. The lowest BCUT2D eigenvalue weighted by molar-refractivity contribution is 0.176. The highest BCUT2D eigenvalue weighted by Gasteiger charge is 2.20. The number of nitrogens with one attached hydrogen (secondary N) is 2. The predicted molar refractivity (Wildman–Crippen MR) is 119 cm³/mol. The molecule has 25 heavy (non-hydrogen) atoms. The van der Waals surface area contributed by atoms with Crippen molar-refractivity contribution in [1.82, 2.24) is 20.5 Å². The van der Waals surface area contributed by atoms with Gasteiger partial charge in [-0.15, -0.1) is 35.3 Å². The first kappa shape index (κ1) is 22.6. The number of aryl methyl sites for hydroxylation is 1. The molecule has 0 unspecified atom stereocenters. The summed E-state index contributed by atoms with van der Waals surface area (Å²) in [4.78, 5) is 11.5. The molecule has 1 saturated heterocycles. The number of hydrogen-bond donors (Lipinski definition) is 2. The van der Waals surface area contributed by atoms with Gasteiger partial charge < -0.3 is 10.6 Å². The van der Waals surface area contributed by atoms with Gasteiger partial charge in [0.1, 0.15) is 0 Å². The van der Waals surface area contributed by atoms with Crippen LogP contribution in [0, 0.1) is 5.92 Å². The molecule has 1 aliphatic rings. The molecule has 0 amide bonds. The SMILES string of the molecule is CCCCNC(=NC)NCC1CCN(Cc2csc(CC)n2)CC1.I. The molecule has 1 aromatic heterocycles. The van der Waals surface area contributed by atoms with E-state index in [4.69, 9.17) is 0 Å². The summed E-state index contributed by atoms with van der Waals surface area (Å²) >= 11 is 1.79. The Morgan fingerprint density at radius 1 is 1.32 bits per heavy atom. The number of nitrogens with zero attached hydrogens (tertiary/aromatic N) is 3. The van der Waals surface area contributed by atoms with Crippen molar-refractivity contribution < 1.29 is 0 Å². The van der Waals surface area contributed by atoms with E-state index >= 15 is 0 Å². The number of aliphatic imine (C=N–C) groups is 1. The Hall–Kier alpha value is -0.410. The zero-order chi connectivity index (χ0) is 17.2. The summed E-state index contributed by atoms with van der Waals surface area (Å²) < 4.78 is 0. The number of thiazole rings is 1. The number of hydrogen-bond acceptors (Lipinski definition) is 4. The van der Waals surface area contributed by atoms with Gasteiger partial charge in [-0.25, -0.2) is 4.98 Å². The number of rotatable bonds is 8. The number of likely N-dealkylation sites (tertiary alicyclic amines) is 1. The summed E-state index contributed by atoms with van der Waals surface area (Å²) in [6, 6.07) is 0. The average molecular weight is 479 g/mol. The van der Waals surface area contributed by atoms with Gasteiger partial charge in [-0.2, -0.15) is 0 Å². The quantitative estimate of drug-likeness (QED) is 0.260. The molecule has 1 fully saturated rings. The van der Waals surface area contributed by atoms with E-state index in [-0.39, 0.29) is 24.0 Å². The summed E-state index contributed by atoms with van der Waals surface area (Å²) in [6.07, 6.45) is 5.95. The lowest BCUT2D eigenvalue weighted by Gasteiger charge is -2.31. The molecule has 0 aromatic carbocycles. The number of aromatic nitrogens is 1. The fourth-order valence-corrected chi connectivity index (χ4v) is 3.74. The number of guanidine groups is 1. The van der Waals surface area contributed by atoms with E-state index in [0.29, 0.717) is 0 Å². The van der Waals surface area contributed by atoms with Crippen molar-refractivity contribution in [2.24, 2.45) is 10.9 Å². The summed E-state index contributed by atoms with van der Waals surface area (Å²) in [5.74, 6) is 1.69. The fourth-order valence-electron chi connectivity index (χ4n) is 3.01. The molecule has 1 aliphatic heterocycles. The zero-order valence-corrected chi connectivity index (χ0v) is 19.0. The van der Waals surface area contributed by atoms with Crippen molar-refractivity contribution in [2.45, 2.75) is 52.5 Å². The second-order valence-corrected chi connectivity index (χ2v) is 7.48. The summed E-state index contributed by atoms with van der Waals surface area (Å²) in [5, 5.41) is 10.3. The van der Waals surface area contributed by atoms with Crippen LogP contribution in [0.3, 0.4) is 0 Å². The van der Waals surface area contributed by atoms with Crippen LogP contribution in [-0.2, 0) is 13.0 Å². The summed E-state index contributed by atoms with van der Waals surface area (Å²) in [6.45, 7) is 9.77. The molecule has 144 valence electrons. The third-order valence-corrected chi connectivity index (χ3v) is 5.64. The maximum absolute atomic E-state index is 4.69. The fraction of sp³-hybridized carbons (Fsp3) is 0.778. The van der Waals surface area contributed by atoms with Gasteiger partial charge in [0.15, 0.2) is 5.96 Å². The molecule has 0 bridgehead atoms. The first-order chi connectivity index (χ1) is 11.7. The van der Waals surface area contributed by atoms with Gasteiger partial charge in [0.2, 0.25) is 0 Å². The van der Waals surface area contributed by atoms with Crippen molar-refractivity contribution in [3.63, 3.8) is 0 Å². The van der Waals surface area contributed by atoms with Gasteiger partial charge in [-0.05, 0) is 44.7 Å². The van der Waals surface area contributed by atoms with Crippen LogP contribution >= 0.6 is 35.3 Å². The molecule has 2 rings (SSSR count). The molecular weight excluding hydrogens is 445 g/mol. The van der Waals surface area contributed by atoms with Crippen LogP contribution in [0.4, 0.5) is 0 Å². The first-order valence-corrected chi connectivity index (χ1v) is 10.2. The molecule has 0 radical (unpaired) electrons. The minimum atomic E-state index is 0. The highest BCUT2D eigenvalue weighted by Crippen LogP contribution is 2.19. The van der Waals surface area contributed by atoms with Crippen molar-refractivity contribution in [3.8, 4) is 0 Å². The Kier molecular flexibility index (Phi) is 11.6. The minimum absolute atomic E-state index is 0. The van der Waals surface area contributed by atoms with Crippen LogP contribution < -0.4 is 10.6 Å². The van der Waals surface area contributed by atoms with Gasteiger partial charge in [-0.1, -0.05) is 20.3 Å². The van der Waals surface area contributed by atoms with Crippen LogP contribution in [0.25, 0.3) is 0 Å². The Balaban J connectivity index is 0.00000312. The highest BCUT2D eigenvalue weighted by atomic mass is 127. The monoisotopic (exact) mass is 479 g/mol. The van der Waals surface area contributed by atoms with E-state index in [9.17, 15) is 0 Å². The first-order valence-electron chi connectivity index (χ1n) is 9.35. The van der Waals surface area contributed by atoms with E-state index in [1.165, 1.54) is 49.5 Å². The number of halogens is 1. The van der Waals surface area contributed by atoms with E-state index in [0.717, 1.165) is 37.9 Å². The van der Waals surface area contributed by atoms with E-state index in [1.54, 1.807) is 11.3 Å². The molecule has 2 N–H and O–H groups in total. The summed E-state index contributed by atoms with van der Waals surface area (Å²) in [7, 11) is 1.85. The second-order valence-electron chi connectivity index (χ2n) is 6.54. The van der Waals surface area contributed by atoms with Gasteiger partial charge in [0.05, 0.1) is 10.7 Å². The number of unbranched alkanes of at least 4 members (excludes halogenated alkanes) is 1. The smallest absolute Gasteiger partial charge is 0.190 e. The summed E-state index contributed by atoms with van der Waals surface area (Å²) in [5.41, 5.74) is 1.24. The normalized spacial score (nSPS) is 16.5. The van der Waals surface area contributed by atoms with Gasteiger partial charge in [0, 0.05) is 32.1 Å². The van der Waals surface area contributed by atoms with Gasteiger partial charge in [0.25, 0.3) is 0 Å².